The minimum absolute atomic E-state index is 0.0418. The van der Waals surface area contributed by atoms with Crippen LogP contribution in [0.3, 0.4) is 0 Å². The predicted molar refractivity (Wildman–Crippen MR) is 51.0 cm³/mol. The van der Waals surface area contributed by atoms with Gasteiger partial charge in [0.2, 0.25) is 5.75 Å². The summed E-state index contributed by atoms with van der Waals surface area (Å²) in [6.07, 6.45) is -4.52. The van der Waals surface area contributed by atoms with Gasteiger partial charge in [0.25, 0.3) is 0 Å². The Kier molecular flexibility index (Phi) is 3.26. The fourth-order valence-corrected chi connectivity index (χ4v) is 1.09. The average Bonchev–Trinajstić information content (AvgIpc) is 2.20. The highest BCUT2D eigenvalue weighted by Gasteiger charge is 2.44. The zero-order valence-corrected chi connectivity index (χ0v) is 8.52. The van der Waals surface area contributed by atoms with Crippen molar-refractivity contribution in [2.24, 2.45) is 0 Å². The number of benzene rings is 1. The molecule has 6 nitrogen and oxygen atoms in total. The van der Waals surface area contributed by atoms with Crippen LogP contribution in [0.4, 0.5) is 14.5 Å². The van der Waals surface area contributed by atoms with Gasteiger partial charge in [-0.05, 0) is 12.5 Å². The minimum atomic E-state index is -4.52. The van der Waals surface area contributed by atoms with Crippen LogP contribution in [-0.4, -0.2) is 22.1 Å². The second kappa shape index (κ2) is 4.32. The molecule has 1 rings (SSSR count). The van der Waals surface area contributed by atoms with Crippen molar-refractivity contribution in [1.82, 2.24) is 0 Å². The van der Waals surface area contributed by atoms with Crippen molar-refractivity contribution in [2.75, 3.05) is 0 Å². The Bertz CT molecular complexity index is 474. The molecular formula is C9H7F2NO5. The molecule has 0 aliphatic rings. The van der Waals surface area contributed by atoms with Crippen molar-refractivity contribution in [3.05, 3.63) is 33.9 Å². The van der Waals surface area contributed by atoms with Gasteiger partial charge in [-0.1, -0.05) is 12.1 Å². The number of ether oxygens (including phenoxy) is 1. The number of carbonyl (C=O) groups is 1. The molecule has 17 heavy (non-hydrogen) atoms. The molecule has 0 heterocycles. The van der Waals surface area contributed by atoms with Gasteiger partial charge in [0, 0.05) is 6.07 Å². The monoisotopic (exact) mass is 247 g/mol. The number of carboxylic acid groups (broad SMARTS) is 1. The van der Waals surface area contributed by atoms with E-state index in [4.69, 9.17) is 5.11 Å². The molecule has 1 N–H and O–H groups in total. The van der Waals surface area contributed by atoms with Gasteiger partial charge in [-0.2, -0.15) is 8.78 Å². The van der Waals surface area contributed by atoms with Gasteiger partial charge in [0.15, 0.2) is 0 Å². The lowest BCUT2D eigenvalue weighted by atomic mass is 10.2. The summed E-state index contributed by atoms with van der Waals surface area (Å²) in [5.74, 6) is -3.28. The van der Waals surface area contributed by atoms with E-state index in [9.17, 15) is 23.7 Å². The zero-order valence-electron chi connectivity index (χ0n) is 8.52. The van der Waals surface area contributed by atoms with E-state index < -0.39 is 28.4 Å². The van der Waals surface area contributed by atoms with E-state index in [1.807, 2.05) is 0 Å². The largest absolute Gasteiger partial charge is 0.502 e. The van der Waals surface area contributed by atoms with Crippen LogP contribution < -0.4 is 4.74 Å². The highest BCUT2D eigenvalue weighted by molar-refractivity contribution is 5.74. The number of alkyl halides is 2. The van der Waals surface area contributed by atoms with Crippen molar-refractivity contribution in [3.63, 3.8) is 0 Å². The molecule has 1 aromatic carbocycles. The van der Waals surface area contributed by atoms with Gasteiger partial charge in [-0.15, -0.1) is 0 Å². The Morgan fingerprint density at radius 3 is 2.59 bits per heavy atom. The van der Waals surface area contributed by atoms with Crippen LogP contribution in [0.15, 0.2) is 18.2 Å². The standard InChI is InChI=1S/C9H7F2NO5/c1-5-3-2-4-6(12(15)16)7(5)17-9(10,11)8(13)14/h2-4H,1H3,(H,13,14). The van der Waals surface area contributed by atoms with Crippen molar-refractivity contribution in [3.8, 4) is 5.75 Å². The van der Waals surface area contributed by atoms with E-state index in [1.165, 1.54) is 19.1 Å². The first-order valence-electron chi connectivity index (χ1n) is 4.30. The molecule has 0 saturated carbocycles. The summed E-state index contributed by atoms with van der Waals surface area (Å²) in [6.45, 7) is 1.29. The maximum absolute atomic E-state index is 12.8. The molecule has 0 aliphatic heterocycles. The lowest BCUT2D eigenvalue weighted by molar-refractivity contribution is -0.387. The highest BCUT2D eigenvalue weighted by Crippen LogP contribution is 2.34. The molecule has 1 aromatic rings. The normalized spacial score (nSPS) is 11.0. The van der Waals surface area contributed by atoms with Gasteiger partial charge in [-0.3, -0.25) is 10.1 Å². The first-order valence-corrected chi connectivity index (χ1v) is 4.30. The summed E-state index contributed by atoms with van der Waals surface area (Å²) in [5, 5.41) is 18.7. The Labute approximate surface area is 93.6 Å². The lowest BCUT2D eigenvalue weighted by Gasteiger charge is -2.14. The second-order valence-electron chi connectivity index (χ2n) is 3.10. The van der Waals surface area contributed by atoms with Crippen LogP contribution in [0.2, 0.25) is 0 Å². The number of carboxylic acids is 1. The van der Waals surface area contributed by atoms with Crippen molar-refractivity contribution < 1.29 is 28.3 Å². The number of hydrogen-bond acceptors (Lipinski definition) is 4. The highest BCUT2D eigenvalue weighted by atomic mass is 19.3. The van der Waals surface area contributed by atoms with Crippen LogP contribution >= 0.6 is 0 Å². The lowest BCUT2D eigenvalue weighted by Crippen LogP contribution is -2.35. The topological polar surface area (TPSA) is 89.7 Å². The fourth-order valence-electron chi connectivity index (χ4n) is 1.09. The number of para-hydroxylation sites is 1. The minimum Gasteiger partial charge on any atom is -0.474 e. The van der Waals surface area contributed by atoms with Gasteiger partial charge >= 0.3 is 17.8 Å². The molecule has 0 atom stereocenters. The number of rotatable bonds is 4. The van der Waals surface area contributed by atoms with Crippen LogP contribution in [0, 0.1) is 17.0 Å². The van der Waals surface area contributed by atoms with Crippen LogP contribution in [-0.2, 0) is 4.79 Å². The van der Waals surface area contributed by atoms with E-state index >= 15 is 0 Å². The van der Waals surface area contributed by atoms with Crippen molar-refractivity contribution in [1.29, 1.82) is 0 Å². The summed E-state index contributed by atoms with van der Waals surface area (Å²) in [6, 6.07) is 3.51. The molecule has 0 spiro atoms. The molecule has 0 fully saturated rings. The average molecular weight is 247 g/mol. The summed E-state index contributed by atoms with van der Waals surface area (Å²) in [4.78, 5) is 19.8. The number of hydrogen-bond donors (Lipinski definition) is 1. The number of nitro groups is 1. The Balaban J connectivity index is 3.22. The smallest absolute Gasteiger partial charge is 0.474 e. The molecule has 0 aromatic heterocycles. The van der Waals surface area contributed by atoms with Crippen LogP contribution in [0.1, 0.15) is 5.56 Å². The molecular weight excluding hydrogens is 240 g/mol. The molecule has 8 heteroatoms. The van der Waals surface area contributed by atoms with E-state index in [0.29, 0.717) is 0 Å². The third kappa shape index (κ3) is 2.65. The molecule has 0 aliphatic carbocycles. The molecule has 0 saturated heterocycles. The zero-order chi connectivity index (χ0) is 13.2. The first kappa shape index (κ1) is 12.8. The summed E-state index contributed by atoms with van der Waals surface area (Å²) in [7, 11) is 0. The SMILES string of the molecule is Cc1cccc([N+](=O)[O-])c1OC(F)(F)C(=O)O. The van der Waals surface area contributed by atoms with Crippen LogP contribution in [0.5, 0.6) is 5.75 Å². The van der Waals surface area contributed by atoms with Gasteiger partial charge in [0.05, 0.1) is 4.92 Å². The first-order chi connectivity index (χ1) is 7.75. The molecule has 0 unspecified atom stereocenters. The summed E-state index contributed by atoms with van der Waals surface area (Å²) in [5.41, 5.74) is -0.675. The van der Waals surface area contributed by atoms with E-state index in [0.717, 1.165) is 6.07 Å². The van der Waals surface area contributed by atoms with Gasteiger partial charge in [0.1, 0.15) is 0 Å². The van der Waals surface area contributed by atoms with Crippen LogP contribution in [0.25, 0.3) is 0 Å². The quantitative estimate of drug-likeness (QED) is 0.648. The maximum atomic E-state index is 12.8. The predicted octanol–water partition coefficient (Wildman–Crippen LogP) is 1.96. The number of halogens is 2. The van der Waals surface area contributed by atoms with E-state index in [-0.39, 0.29) is 5.56 Å². The summed E-state index contributed by atoms with van der Waals surface area (Å²) < 4.78 is 29.5. The number of nitro benzene ring substituents is 1. The number of aryl methyl sites for hydroxylation is 1. The van der Waals surface area contributed by atoms with Gasteiger partial charge in [-0.25, -0.2) is 4.79 Å². The molecule has 0 amide bonds. The van der Waals surface area contributed by atoms with Gasteiger partial charge < -0.3 is 9.84 Å². The van der Waals surface area contributed by atoms with Crippen molar-refractivity contribution in [2.45, 2.75) is 13.0 Å². The van der Waals surface area contributed by atoms with E-state index in [2.05, 4.69) is 4.74 Å². The second-order valence-corrected chi connectivity index (χ2v) is 3.10. The molecule has 0 radical (unpaired) electrons. The third-order valence-electron chi connectivity index (χ3n) is 1.87. The molecule has 0 bridgehead atoms. The Morgan fingerprint density at radius 1 is 1.53 bits per heavy atom. The molecule has 92 valence electrons. The Hall–Kier alpha value is -2.25. The Morgan fingerprint density at radius 2 is 2.12 bits per heavy atom. The number of aliphatic carboxylic acids is 1. The summed E-state index contributed by atoms with van der Waals surface area (Å²) >= 11 is 0. The van der Waals surface area contributed by atoms with Crippen molar-refractivity contribution >= 4 is 11.7 Å². The van der Waals surface area contributed by atoms with E-state index in [1.54, 1.807) is 0 Å². The fraction of sp³-hybridized carbons (Fsp3) is 0.222. The maximum Gasteiger partial charge on any atom is 0.502 e. The third-order valence-corrected chi connectivity index (χ3v) is 1.87. The number of nitrogens with zero attached hydrogens (tertiary/aromatic N) is 1.